The number of carbonyl (C=O) groups is 2. The Bertz CT molecular complexity index is 1080. The summed E-state index contributed by atoms with van der Waals surface area (Å²) >= 11 is 0. The van der Waals surface area contributed by atoms with Crippen LogP contribution in [0.2, 0.25) is 0 Å². The Morgan fingerprint density at radius 2 is 1.94 bits per heavy atom. The van der Waals surface area contributed by atoms with E-state index in [1.165, 1.54) is 5.56 Å². The summed E-state index contributed by atoms with van der Waals surface area (Å²) in [6, 6.07) is 13.8. The van der Waals surface area contributed by atoms with Gasteiger partial charge in [0, 0.05) is 24.4 Å². The molecule has 2 aromatic rings. The number of carbonyl (C=O) groups excluding carboxylic acids is 2. The second-order valence-corrected chi connectivity index (χ2v) is 8.50. The summed E-state index contributed by atoms with van der Waals surface area (Å²) in [5.41, 5.74) is 0.681. The molecular formula is C25H27NO6. The van der Waals surface area contributed by atoms with Crippen molar-refractivity contribution in [3.05, 3.63) is 59.2 Å². The van der Waals surface area contributed by atoms with Gasteiger partial charge >= 0.3 is 5.97 Å². The van der Waals surface area contributed by atoms with Gasteiger partial charge in [-0.1, -0.05) is 30.3 Å². The molecule has 0 unspecified atom stereocenters. The third-order valence-corrected chi connectivity index (χ3v) is 6.96. The van der Waals surface area contributed by atoms with Gasteiger partial charge in [-0.3, -0.25) is 4.79 Å². The molecule has 0 aromatic heterocycles. The van der Waals surface area contributed by atoms with Crippen molar-refractivity contribution in [3.8, 4) is 11.5 Å². The van der Waals surface area contributed by atoms with Crippen molar-refractivity contribution >= 4 is 11.9 Å². The summed E-state index contributed by atoms with van der Waals surface area (Å²) in [6.45, 7) is 2.36. The zero-order valence-electron chi connectivity index (χ0n) is 18.6. The van der Waals surface area contributed by atoms with Crippen molar-refractivity contribution in [1.29, 1.82) is 0 Å². The van der Waals surface area contributed by atoms with Crippen molar-refractivity contribution in [2.24, 2.45) is 5.92 Å². The summed E-state index contributed by atoms with van der Waals surface area (Å²) in [5.74, 6) is 0.433. The first kappa shape index (κ1) is 20.8. The Balaban J connectivity index is 1.50. The highest BCUT2D eigenvalue weighted by Crippen LogP contribution is 2.62. The van der Waals surface area contributed by atoms with E-state index < -0.39 is 17.3 Å². The highest BCUT2D eigenvalue weighted by molar-refractivity contribution is 6.09. The van der Waals surface area contributed by atoms with E-state index in [0.717, 1.165) is 17.5 Å². The van der Waals surface area contributed by atoms with Crippen LogP contribution in [0.4, 0.5) is 0 Å². The van der Waals surface area contributed by atoms with Gasteiger partial charge in [0.05, 0.1) is 20.8 Å². The molecule has 3 atom stereocenters. The number of hydrogen-bond donors (Lipinski definition) is 0. The number of methoxy groups -OCH3 is 2. The van der Waals surface area contributed by atoms with E-state index in [1.54, 1.807) is 26.0 Å². The van der Waals surface area contributed by atoms with Gasteiger partial charge in [-0.15, -0.1) is 0 Å². The predicted octanol–water partition coefficient (Wildman–Crippen LogP) is 2.84. The molecule has 2 heterocycles. The molecule has 0 N–H and O–H groups in total. The molecule has 32 heavy (non-hydrogen) atoms. The topological polar surface area (TPSA) is 74.3 Å². The average Bonchev–Trinajstić information content (AvgIpc) is 3.39. The standard InChI is InChI=1S/C25H27NO6/c1-4-31-23(28)24-15-18-14-17-7-5-6-8-19(17)25(18,32-24)26(22(24)27)12-11-16-9-10-20(29-2)21(13-16)30-3/h5-10,13,18H,4,11-12,14-15H2,1-3H3/t18-,24+,25+/m1/s1. The summed E-state index contributed by atoms with van der Waals surface area (Å²) in [5, 5.41) is 0. The highest BCUT2D eigenvalue weighted by Gasteiger charge is 2.76. The number of benzene rings is 2. The van der Waals surface area contributed by atoms with Gasteiger partial charge in [0.25, 0.3) is 5.91 Å². The second-order valence-electron chi connectivity index (χ2n) is 8.50. The van der Waals surface area contributed by atoms with E-state index in [1.807, 2.05) is 36.4 Å². The van der Waals surface area contributed by atoms with Gasteiger partial charge in [0.15, 0.2) is 17.2 Å². The Morgan fingerprint density at radius 1 is 1.16 bits per heavy atom. The first-order chi connectivity index (χ1) is 15.5. The molecule has 5 rings (SSSR count). The smallest absolute Gasteiger partial charge is 0.348 e. The zero-order chi connectivity index (χ0) is 22.5. The molecule has 2 bridgehead atoms. The van der Waals surface area contributed by atoms with Gasteiger partial charge in [-0.05, 0) is 43.0 Å². The zero-order valence-corrected chi connectivity index (χ0v) is 18.6. The number of piperidine rings is 1. The van der Waals surface area contributed by atoms with Crippen molar-refractivity contribution in [2.75, 3.05) is 27.4 Å². The van der Waals surface area contributed by atoms with Gasteiger partial charge in [-0.25, -0.2) is 4.79 Å². The minimum atomic E-state index is -1.55. The minimum absolute atomic E-state index is 0.0207. The molecule has 1 amide bonds. The number of rotatable bonds is 7. The number of esters is 1. The third-order valence-electron chi connectivity index (χ3n) is 6.96. The fraction of sp³-hybridized carbons (Fsp3) is 0.440. The monoisotopic (exact) mass is 437 g/mol. The van der Waals surface area contributed by atoms with E-state index in [-0.39, 0.29) is 18.4 Å². The third kappa shape index (κ3) is 2.70. The Kier molecular flexibility index (Phi) is 4.89. The molecule has 1 spiro atoms. The maximum atomic E-state index is 13.7. The molecule has 2 fully saturated rings. The quantitative estimate of drug-likeness (QED) is 0.490. The average molecular weight is 437 g/mol. The van der Waals surface area contributed by atoms with Crippen LogP contribution in [-0.2, 0) is 37.6 Å². The van der Waals surface area contributed by atoms with E-state index in [0.29, 0.717) is 30.9 Å². The van der Waals surface area contributed by atoms with E-state index in [2.05, 4.69) is 6.07 Å². The first-order valence-corrected chi connectivity index (χ1v) is 11.0. The molecule has 2 aromatic carbocycles. The number of fused-ring (bicyclic) bond motifs is 2. The van der Waals surface area contributed by atoms with Crippen LogP contribution in [0.15, 0.2) is 42.5 Å². The van der Waals surface area contributed by atoms with Crippen molar-refractivity contribution in [2.45, 2.75) is 37.5 Å². The van der Waals surface area contributed by atoms with Gasteiger partial charge < -0.3 is 23.8 Å². The lowest BCUT2D eigenvalue weighted by Gasteiger charge is -2.38. The van der Waals surface area contributed by atoms with Crippen molar-refractivity contribution < 1.29 is 28.5 Å². The maximum absolute atomic E-state index is 13.7. The van der Waals surface area contributed by atoms with Gasteiger partial charge in [0.2, 0.25) is 5.60 Å². The van der Waals surface area contributed by atoms with Gasteiger partial charge in [-0.2, -0.15) is 0 Å². The molecule has 0 radical (unpaired) electrons. The van der Waals surface area contributed by atoms with Crippen LogP contribution < -0.4 is 9.47 Å². The van der Waals surface area contributed by atoms with Crippen LogP contribution >= 0.6 is 0 Å². The predicted molar refractivity (Wildman–Crippen MR) is 115 cm³/mol. The molecule has 0 saturated carbocycles. The Morgan fingerprint density at radius 3 is 2.69 bits per heavy atom. The lowest BCUT2D eigenvalue weighted by molar-refractivity contribution is -0.172. The molecule has 7 heteroatoms. The molecule has 168 valence electrons. The van der Waals surface area contributed by atoms with E-state index in [9.17, 15) is 9.59 Å². The number of likely N-dealkylation sites (tertiary alicyclic amines) is 1. The summed E-state index contributed by atoms with van der Waals surface area (Å²) in [7, 11) is 3.20. The number of ether oxygens (including phenoxy) is 4. The first-order valence-electron chi connectivity index (χ1n) is 11.0. The van der Waals surface area contributed by atoms with Crippen LogP contribution in [0, 0.1) is 5.92 Å². The van der Waals surface area contributed by atoms with Crippen molar-refractivity contribution in [3.63, 3.8) is 0 Å². The largest absolute Gasteiger partial charge is 0.493 e. The highest BCUT2D eigenvalue weighted by atomic mass is 16.6. The summed E-state index contributed by atoms with van der Waals surface area (Å²) in [6.07, 6.45) is 1.72. The van der Waals surface area contributed by atoms with Crippen LogP contribution in [0.5, 0.6) is 11.5 Å². The molecular weight excluding hydrogens is 410 g/mol. The number of amides is 1. The maximum Gasteiger partial charge on any atom is 0.348 e. The lowest BCUT2D eigenvalue weighted by Crippen LogP contribution is -2.55. The lowest BCUT2D eigenvalue weighted by atomic mass is 9.82. The van der Waals surface area contributed by atoms with Gasteiger partial charge in [0.1, 0.15) is 0 Å². The summed E-state index contributed by atoms with van der Waals surface area (Å²) in [4.78, 5) is 28.3. The van der Waals surface area contributed by atoms with Crippen LogP contribution in [0.25, 0.3) is 0 Å². The summed E-state index contributed by atoms with van der Waals surface area (Å²) < 4.78 is 22.5. The Hall–Kier alpha value is -3.06. The SMILES string of the molecule is CCOC(=O)[C@@]12C[C@H]3Cc4ccccc4[C@]3(O1)N(CCc1ccc(OC)c(OC)c1)C2=O. The molecule has 2 aliphatic heterocycles. The van der Waals surface area contributed by atoms with Crippen LogP contribution in [0.1, 0.15) is 30.0 Å². The normalized spacial score (nSPS) is 27.3. The fourth-order valence-corrected chi connectivity index (χ4v) is 5.60. The van der Waals surface area contributed by atoms with Crippen LogP contribution in [0.3, 0.4) is 0 Å². The minimum Gasteiger partial charge on any atom is -0.493 e. The Labute approximate surface area is 187 Å². The molecule has 2 saturated heterocycles. The molecule has 1 aliphatic carbocycles. The fourth-order valence-electron chi connectivity index (χ4n) is 5.60. The van der Waals surface area contributed by atoms with E-state index in [4.69, 9.17) is 18.9 Å². The second kappa shape index (κ2) is 7.52. The van der Waals surface area contributed by atoms with Crippen LogP contribution in [-0.4, -0.2) is 49.7 Å². The van der Waals surface area contributed by atoms with E-state index >= 15 is 0 Å². The number of nitrogens with zero attached hydrogens (tertiary/aromatic N) is 1. The molecule has 7 nitrogen and oxygen atoms in total. The molecule has 3 aliphatic rings. The van der Waals surface area contributed by atoms with Crippen molar-refractivity contribution in [1.82, 2.24) is 4.90 Å². The number of hydrogen-bond acceptors (Lipinski definition) is 6.